The van der Waals surface area contributed by atoms with Crippen molar-refractivity contribution in [3.8, 4) is 6.07 Å². The van der Waals surface area contributed by atoms with Crippen LogP contribution < -0.4 is 5.32 Å². The quantitative estimate of drug-likeness (QED) is 0.807. The second kappa shape index (κ2) is 5.89. The molecule has 1 atom stereocenters. The Morgan fingerprint density at radius 1 is 1.56 bits per heavy atom. The van der Waals surface area contributed by atoms with Gasteiger partial charge in [0.2, 0.25) is 5.91 Å². The van der Waals surface area contributed by atoms with Crippen LogP contribution in [0.4, 0.5) is 5.69 Å². The second-order valence-electron chi connectivity index (χ2n) is 3.59. The van der Waals surface area contributed by atoms with Crippen LogP contribution in [-0.4, -0.2) is 17.1 Å². The zero-order valence-corrected chi connectivity index (χ0v) is 9.10. The van der Waals surface area contributed by atoms with Gasteiger partial charge in [0, 0.05) is 6.42 Å². The molecular weight excluding hydrogens is 204 g/mol. The van der Waals surface area contributed by atoms with E-state index in [4.69, 9.17) is 10.4 Å². The predicted molar refractivity (Wildman–Crippen MR) is 60.7 cm³/mol. The first-order chi connectivity index (χ1) is 7.63. The normalized spacial score (nSPS) is 11.6. The molecule has 0 heterocycles. The first-order valence-corrected chi connectivity index (χ1v) is 5.10. The third-order valence-electron chi connectivity index (χ3n) is 2.11. The number of anilines is 1. The molecule has 4 heteroatoms. The molecule has 0 radical (unpaired) electrons. The van der Waals surface area contributed by atoms with Gasteiger partial charge >= 0.3 is 0 Å². The summed E-state index contributed by atoms with van der Waals surface area (Å²) in [4.78, 5) is 11.5. The lowest BCUT2D eigenvalue weighted by molar-refractivity contribution is -0.116. The van der Waals surface area contributed by atoms with Crippen molar-refractivity contribution in [2.75, 3.05) is 5.32 Å². The highest BCUT2D eigenvalue weighted by atomic mass is 16.3. The van der Waals surface area contributed by atoms with Crippen molar-refractivity contribution in [3.63, 3.8) is 0 Å². The number of hydrogen-bond donors (Lipinski definition) is 2. The Labute approximate surface area is 94.5 Å². The van der Waals surface area contributed by atoms with Crippen LogP contribution in [0, 0.1) is 11.3 Å². The molecule has 1 aromatic carbocycles. The van der Waals surface area contributed by atoms with Crippen molar-refractivity contribution in [2.45, 2.75) is 25.9 Å². The minimum absolute atomic E-state index is 0.191. The topological polar surface area (TPSA) is 73.1 Å². The molecule has 1 rings (SSSR count). The summed E-state index contributed by atoms with van der Waals surface area (Å²) in [5.74, 6) is -0.191. The van der Waals surface area contributed by atoms with E-state index in [0.717, 1.165) is 0 Å². The summed E-state index contributed by atoms with van der Waals surface area (Å²) in [6, 6.07) is 8.82. The van der Waals surface area contributed by atoms with Gasteiger partial charge in [-0.2, -0.15) is 5.26 Å². The molecule has 0 aliphatic heterocycles. The largest absolute Gasteiger partial charge is 0.393 e. The fourth-order valence-corrected chi connectivity index (χ4v) is 1.24. The minimum Gasteiger partial charge on any atom is -0.393 e. The number of nitriles is 1. The average Bonchev–Trinajstić information content (AvgIpc) is 2.27. The SMILES string of the molecule is CC(O)CCC(=O)Nc1ccccc1C#N. The van der Waals surface area contributed by atoms with Crippen LogP contribution in [0.3, 0.4) is 0 Å². The second-order valence-corrected chi connectivity index (χ2v) is 3.59. The fourth-order valence-electron chi connectivity index (χ4n) is 1.24. The number of nitrogens with zero attached hydrogens (tertiary/aromatic N) is 1. The summed E-state index contributed by atoms with van der Waals surface area (Å²) >= 11 is 0. The molecule has 0 bridgehead atoms. The van der Waals surface area contributed by atoms with Crippen LogP contribution >= 0.6 is 0 Å². The molecule has 16 heavy (non-hydrogen) atoms. The third-order valence-corrected chi connectivity index (χ3v) is 2.11. The maximum absolute atomic E-state index is 11.5. The minimum atomic E-state index is -0.489. The summed E-state index contributed by atoms with van der Waals surface area (Å²) in [5, 5.41) is 20.5. The van der Waals surface area contributed by atoms with Crippen LogP contribution in [0.25, 0.3) is 0 Å². The molecule has 1 unspecified atom stereocenters. The number of rotatable bonds is 4. The Balaban J connectivity index is 2.60. The van der Waals surface area contributed by atoms with Crippen LogP contribution in [0.15, 0.2) is 24.3 Å². The molecule has 0 aromatic heterocycles. The molecule has 0 aliphatic carbocycles. The number of nitrogens with one attached hydrogen (secondary N) is 1. The van der Waals surface area contributed by atoms with E-state index < -0.39 is 6.10 Å². The molecular formula is C12H14N2O2. The highest BCUT2D eigenvalue weighted by Crippen LogP contribution is 2.14. The van der Waals surface area contributed by atoms with Crippen molar-refractivity contribution in [2.24, 2.45) is 0 Å². The summed E-state index contributed by atoms with van der Waals surface area (Å²) in [6.45, 7) is 1.64. The number of para-hydroxylation sites is 1. The van der Waals surface area contributed by atoms with Crippen molar-refractivity contribution >= 4 is 11.6 Å². The fraction of sp³-hybridized carbons (Fsp3) is 0.333. The van der Waals surface area contributed by atoms with Crippen LogP contribution in [0.5, 0.6) is 0 Å². The van der Waals surface area contributed by atoms with E-state index in [1.54, 1.807) is 31.2 Å². The Hall–Kier alpha value is -1.86. The zero-order chi connectivity index (χ0) is 12.0. The molecule has 2 N–H and O–H groups in total. The lowest BCUT2D eigenvalue weighted by atomic mass is 10.1. The van der Waals surface area contributed by atoms with E-state index in [9.17, 15) is 4.79 Å². The number of hydrogen-bond acceptors (Lipinski definition) is 3. The summed E-state index contributed by atoms with van der Waals surface area (Å²) < 4.78 is 0. The number of amides is 1. The molecule has 0 spiro atoms. The van der Waals surface area contributed by atoms with Crippen LogP contribution in [0.2, 0.25) is 0 Å². The lowest BCUT2D eigenvalue weighted by Gasteiger charge is -2.07. The van der Waals surface area contributed by atoms with Gasteiger partial charge in [-0.3, -0.25) is 4.79 Å². The number of carbonyl (C=O) groups excluding carboxylic acids is 1. The van der Waals surface area contributed by atoms with Gasteiger partial charge < -0.3 is 10.4 Å². The van der Waals surface area contributed by atoms with E-state index >= 15 is 0 Å². The van der Waals surface area contributed by atoms with Gasteiger partial charge in [-0.25, -0.2) is 0 Å². The molecule has 4 nitrogen and oxygen atoms in total. The molecule has 1 aromatic rings. The summed E-state index contributed by atoms with van der Waals surface area (Å²) in [5.41, 5.74) is 0.952. The lowest BCUT2D eigenvalue weighted by Crippen LogP contribution is -2.14. The summed E-state index contributed by atoms with van der Waals surface area (Å²) in [6.07, 6.45) is 0.176. The van der Waals surface area contributed by atoms with Gasteiger partial charge in [0.15, 0.2) is 0 Å². The first kappa shape index (κ1) is 12.2. The number of aliphatic hydroxyl groups excluding tert-OH is 1. The Morgan fingerprint density at radius 2 is 2.25 bits per heavy atom. The smallest absolute Gasteiger partial charge is 0.224 e. The molecule has 84 valence electrons. The average molecular weight is 218 g/mol. The van der Waals surface area contributed by atoms with Gasteiger partial charge in [0.1, 0.15) is 6.07 Å². The highest BCUT2D eigenvalue weighted by Gasteiger charge is 2.07. The molecule has 0 saturated heterocycles. The first-order valence-electron chi connectivity index (χ1n) is 5.10. The predicted octanol–water partition coefficient (Wildman–Crippen LogP) is 1.66. The Bertz CT molecular complexity index is 408. The monoisotopic (exact) mass is 218 g/mol. The molecule has 0 saturated carbocycles. The maximum Gasteiger partial charge on any atom is 0.224 e. The van der Waals surface area contributed by atoms with Gasteiger partial charge in [-0.15, -0.1) is 0 Å². The Kier molecular flexibility index (Phi) is 4.49. The van der Waals surface area contributed by atoms with E-state index in [1.165, 1.54) is 0 Å². The van der Waals surface area contributed by atoms with Gasteiger partial charge in [-0.1, -0.05) is 12.1 Å². The van der Waals surface area contributed by atoms with Crippen LogP contribution in [0.1, 0.15) is 25.3 Å². The van der Waals surface area contributed by atoms with Gasteiger partial charge in [-0.05, 0) is 25.5 Å². The zero-order valence-electron chi connectivity index (χ0n) is 9.10. The van der Waals surface area contributed by atoms with Gasteiger partial charge in [0.05, 0.1) is 17.4 Å². The highest BCUT2D eigenvalue weighted by molar-refractivity contribution is 5.92. The van der Waals surface area contributed by atoms with E-state index in [0.29, 0.717) is 17.7 Å². The summed E-state index contributed by atoms with van der Waals surface area (Å²) in [7, 11) is 0. The molecule has 0 fully saturated rings. The van der Waals surface area contributed by atoms with Crippen molar-refractivity contribution in [1.29, 1.82) is 5.26 Å². The van der Waals surface area contributed by atoms with Crippen molar-refractivity contribution in [3.05, 3.63) is 29.8 Å². The maximum atomic E-state index is 11.5. The Morgan fingerprint density at radius 3 is 2.88 bits per heavy atom. The van der Waals surface area contributed by atoms with Crippen LogP contribution in [-0.2, 0) is 4.79 Å². The number of carbonyl (C=O) groups is 1. The molecule has 1 amide bonds. The van der Waals surface area contributed by atoms with Gasteiger partial charge in [0.25, 0.3) is 0 Å². The molecule has 0 aliphatic rings. The van der Waals surface area contributed by atoms with E-state index in [2.05, 4.69) is 5.32 Å². The number of benzene rings is 1. The van der Waals surface area contributed by atoms with E-state index in [1.807, 2.05) is 6.07 Å². The van der Waals surface area contributed by atoms with Crippen molar-refractivity contribution in [1.82, 2.24) is 0 Å². The standard InChI is InChI=1S/C12H14N2O2/c1-9(15)6-7-12(16)14-11-5-3-2-4-10(11)8-13/h2-5,9,15H,6-7H2,1H3,(H,14,16). The number of aliphatic hydroxyl groups is 1. The van der Waals surface area contributed by atoms with Crippen molar-refractivity contribution < 1.29 is 9.90 Å². The third kappa shape index (κ3) is 3.71. The van der Waals surface area contributed by atoms with E-state index in [-0.39, 0.29) is 12.3 Å².